The van der Waals surface area contributed by atoms with Crippen molar-refractivity contribution < 1.29 is 9.88 Å². The first-order chi connectivity index (χ1) is 2.50. The summed E-state index contributed by atoms with van der Waals surface area (Å²) in [5.41, 5.74) is 2.01. The van der Waals surface area contributed by atoms with Crippen molar-refractivity contribution in [1.82, 2.24) is 5.59 Å². The van der Waals surface area contributed by atoms with Crippen LogP contribution < -0.4 is 5.59 Å². The van der Waals surface area contributed by atoms with Crippen LogP contribution in [-0.2, 0) is 9.88 Å². The molecule has 4 heteroatoms. The summed E-state index contributed by atoms with van der Waals surface area (Å²) >= 11 is 0. The number of rotatable bonds is 0. The molecule has 1 radical (unpaired) electrons. The molecule has 0 aromatic rings. The Kier molecular flexibility index (Phi) is 0.443. The number of hydrazone groups is 1. The molecule has 27 valence electrons. The molecule has 0 aromatic carbocycles. The second kappa shape index (κ2) is 0.898. The minimum Gasteiger partial charge on any atom is -0.284 e. The SMILES string of the molecule is [C]1=NNOO1. The van der Waals surface area contributed by atoms with Crippen LogP contribution in [0.15, 0.2) is 5.10 Å². The van der Waals surface area contributed by atoms with Crippen molar-refractivity contribution in [1.29, 1.82) is 0 Å². The number of nitrogens with one attached hydrogen (secondary N) is 1. The fraction of sp³-hybridized carbons (Fsp3) is 0. The zero-order valence-corrected chi connectivity index (χ0v) is 2.26. The van der Waals surface area contributed by atoms with E-state index < -0.39 is 0 Å². The summed E-state index contributed by atoms with van der Waals surface area (Å²) in [5.74, 6) is 0. The minimum atomic E-state index is 2.01. The smallest absolute Gasteiger partial charge is 0.284 e. The van der Waals surface area contributed by atoms with Gasteiger partial charge in [-0.3, -0.25) is 4.89 Å². The van der Waals surface area contributed by atoms with Gasteiger partial charge in [-0.1, -0.05) is 0 Å². The third-order valence-electron chi connectivity index (χ3n) is 0.207. The fourth-order valence-corrected chi connectivity index (χ4v) is 0.0932. The molecule has 1 heterocycles. The van der Waals surface area contributed by atoms with Crippen LogP contribution >= 0.6 is 0 Å². The van der Waals surface area contributed by atoms with Gasteiger partial charge in [0.25, 0.3) is 0 Å². The van der Waals surface area contributed by atoms with Gasteiger partial charge in [-0.25, -0.2) is 0 Å². The van der Waals surface area contributed by atoms with Gasteiger partial charge in [0.1, 0.15) is 0 Å². The predicted molar refractivity (Wildman–Crippen MR) is 12.7 cm³/mol. The highest BCUT2D eigenvalue weighted by molar-refractivity contribution is 5.45. The van der Waals surface area contributed by atoms with E-state index >= 15 is 0 Å². The van der Waals surface area contributed by atoms with E-state index in [1.807, 2.05) is 12.0 Å². The summed E-state index contributed by atoms with van der Waals surface area (Å²) < 4.78 is 0. The molecule has 0 fully saturated rings. The molecule has 0 spiro atoms. The first-order valence-corrected chi connectivity index (χ1v) is 1.02. The van der Waals surface area contributed by atoms with E-state index in [1.165, 1.54) is 0 Å². The molecular weight excluding hydrogens is 72.0 g/mol. The summed E-state index contributed by atoms with van der Waals surface area (Å²) in [6.45, 7) is 0. The minimum absolute atomic E-state index is 2.01. The predicted octanol–water partition coefficient (Wildman–Crippen LogP) is -0.727. The van der Waals surface area contributed by atoms with Crippen molar-refractivity contribution in [3.05, 3.63) is 0 Å². The Bertz CT molecular complexity index is 45.6. The van der Waals surface area contributed by atoms with E-state index in [-0.39, 0.29) is 0 Å². The summed E-state index contributed by atoms with van der Waals surface area (Å²) in [6.07, 6.45) is 2.01. The molecule has 0 bridgehead atoms. The number of nitrogens with zero attached hydrogens (tertiary/aromatic N) is 1. The first kappa shape index (κ1) is 2.47. The molecule has 1 aliphatic rings. The highest BCUT2D eigenvalue weighted by atomic mass is 17.3. The third-order valence-corrected chi connectivity index (χ3v) is 0.207. The number of hydrogen-bond donors (Lipinski definition) is 1. The molecule has 0 atom stereocenters. The van der Waals surface area contributed by atoms with Gasteiger partial charge in [0, 0.05) is 0 Å². The van der Waals surface area contributed by atoms with Gasteiger partial charge >= 0.3 is 6.40 Å². The van der Waals surface area contributed by atoms with Gasteiger partial charge in [0.05, 0.1) is 0 Å². The largest absolute Gasteiger partial charge is 0.345 e. The van der Waals surface area contributed by atoms with E-state index in [2.05, 4.69) is 15.0 Å². The molecule has 0 saturated carbocycles. The maximum Gasteiger partial charge on any atom is 0.345 e. The van der Waals surface area contributed by atoms with Crippen LogP contribution in [0, 0.1) is 0 Å². The van der Waals surface area contributed by atoms with Gasteiger partial charge in [0.15, 0.2) is 0 Å². The van der Waals surface area contributed by atoms with Crippen LogP contribution in [0.5, 0.6) is 0 Å². The average molecular weight is 73.0 g/mol. The van der Waals surface area contributed by atoms with Crippen molar-refractivity contribution in [3.63, 3.8) is 0 Å². The second-order valence-electron chi connectivity index (χ2n) is 0.461. The lowest BCUT2D eigenvalue weighted by atomic mass is 11.5. The van der Waals surface area contributed by atoms with E-state index in [4.69, 9.17) is 0 Å². The maximum atomic E-state index is 3.92. The van der Waals surface area contributed by atoms with Crippen LogP contribution in [0.25, 0.3) is 0 Å². The van der Waals surface area contributed by atoms with E-state index in [0.717, 1.165) is 0 Å². The molecule has 0 unspecified atom stereocenters. The quantitative estimate of drug-likeness (QED) is 0.384. The topological polar surface area (TPSA) is 42.9 Å². The van der Waals surface area contributed by atoms with Crippen LogP contribution in [0.3, 0.4) is 0 Å². The van der Waals surface area contributed by atoms with E-state index in [1.54, 1.807) is 0 Å². The van der Waals surface area contributed by atoms with E-state index in [9.17, 15) is 0 Å². The summed E-state index contributed by atoms with van der Waals surface area (Å²) in [4.78, 5) is 7.83. The molecule has 5 heavy (non-hydrogen) atoms. The Balaban J connectivity index is 2.32. The van der Waals surface area contributed by atoms with Crippen LogP contribution in [-0.4, -0.2) is 6.40 Å². The summed E-state index contributed by atoms with van der Waals surface area (Å²) in [6, 6.07) is 0. The van der Waals surface area contributed by atoms with Crippen molar-refractivity contribution in [2.24, 2.45) is 5.10 Å². The fourth-order valence-electron chi connectivity index (χ4n) is 0.0932. The second-order valence-corrected chi connectivity index (χ2v) is 0.461. The molecule has 0 saturated heterocycles. The molecular formula is CHN2O2. The molecule has 4 nitrogen and oxygen atoms in total. The van der Waals surface area contributed by atoms with Gasteiger partial charge in [0.2, 0.25) is 0 Å². The van der Waals surface area contributed by atoms with Gasteiger partial charge in [-0.2, -0.15) is 0 Å². The summed E-state index contributed by atoms with van der Waals surface area (Å²) in [5, 5.41) is 3.14. The molecule has 0 amide bonds. The standard InChI is InChI=1S/CHN2O2/c1-2-3-5-4-1/h3H. The highest BCUT2D eigenvalue weighted by Gasteiger charge is 1.85. The first-order valence-electron chi connectivity index (χ1n) is 1.02. The van der Waals surface area contributed by atoms with Gasteiger partial charge in [-0.15, -0.1) is 10.7 Å². The van der Waals surface area contributed by atoms with Crippen LogP contribution in [0.1, 0.15) is 0 Å². The molecule has 1 N–H and O–H groups in total. The van der Waals surface area contributed by atoms with E-state index in [0.29, 0.717) is 0 Å². The summed E-state index contributed by atoms with van der Waals surface area (Å²) in [7, 11) is 0. The van der Waals surface area contributed by atoms with Gasteiger partial charge < -0.3 is 0 Å². The van der Waals surface area contributed by atoms with Crippen LogP contribution in [0.2, 0.25) is 0 Å². The Morgan fingerprint density at radius 3 is 3.00 bits per heavy atom. The molecule has 0 aromatic heterocycles. The molecule has 1 rings (SSSR count). The Labute approximate surface area is 28.3 Å². The Morgan fingerprint density at radius 1 is 1.80 bits per heavy atom. The van der Waals surface area contributed by atoms with Crippen molar-refractivity contribution in [3.8, 4) is 0 Å². The highest BCUT2D eigenvalue weighted by Crippen LogP contribution is 1.72. The van der Waals surface area contributed by atoms with Gasteiger partial charge in [-0.05, 0) is 4.99 Å². The van der Waals surface area contributed by atoms with Crippen molar-refractivity contribution in [2.45, 2.75) is 0 Å². The lowest BCUT2D eigenvalue weighted by Gasteiger charge is -1.76. The number of hydrogen-bond acceptors (Lipinski definition) is 4. The average Bonchev–Trinajstić information content (AvgIpc) is 1.76. The molecule has 1 aliphatic heterocycles. The van der Waals surface area contributed by atoms with Crippen molar-refractivity contribution >= 4 is 6.40 Å². The zero-order chi connectivity index (χ0) is 3.54. The Hall–Kier alpha value is -0.770. The van der Waals surface area contributed by atoms with Crippen LogP contribution in [0.4, 0.5) is 0 Å². The maximum absolute atomic E-state index is 3.92. The monoisotopic (exact) mass is 73.0 g/mol. The lowest BCUT2D eigenvalue weighted by Crippen LogP contribution is -1.94. The normalized spacial score (nSPS) is 17.6. The third kappa shape index (κ3) is 0.273. The lowest BCUT2D eigenvalue weighted by molar-refractivity contribution is -0.245. The molecule has 0 aliphatic carbocycles. The Morgan fingerprint density at radius 2 is 2.80 bits per heavy atom. The zero-order valence-electron chi connectivity index (χ0n) is 2.26. The van der Waals surface area contributed by atoms with Crippen molar-refractivity contribution in [2.75, 3.05) is 0 Å².